The number of ether oxygens (including phenoxy) is 1. The first-order valence-electron chi connectivity index (χ1n) is 6.00. The minimum atomic E-state index is -2.86. The van der Waals surface area contributed by atoms with Crippen LogP contribution < -0.4 is 0 Å². The molecule has 0 amide bonds. The van der Waals surface area contributed by atoms with Gasteiger partial charge < -0.3 is 4.74 Å². The summed E-state index contributed by atoms with van der Waals surface area (Å²) in [5, 5.41) is 0. The normalized spacial score (nSPS) is 21.7. The fourth-order valence-electron chi connectivity index (χ4n) is 2.46. The van der Waals surface area contributed by atoms with Crippen LogP contribution in [0, 0.1) is 11.7 Å². The highest BCUT2D eigenvalue weighted by Crippen LogP contribution is 2.33. The van der Waals surface area contributed by atoms with Crippen molar-refractivity contribution < 1.29 is 17.5 Å². The molecule has 2 rings (SSSR count). The third-order valence-electron chi connectivity index (χ3n) is 3.48. The third-order valence-corrected chi connectivity index (χ3v) is 5.20. The van der Waals surface area contributed by atoms with Crippen molar-refractivity contribution in [2.45, 2.75) is 18.9 Å². The Balaban J connectivity index is 2.12. The Kier molecular flexibility index (Phi) is 4.02. The molecule has 1 aromatic carbocycles. The van der Waals surface area contributed by atoms with Gasteiger partial charge >= 0.3 is 0 Å². The van der Waals surface area contributed by atoms with Crippen LogP contribution in [-0.2, 0) is 14.6 Å². The van der Waals surface area contributed by atoms with Crippen LogP contribution in [0.2, 0.25) is 0 Å². The van der Waals surface area contributed by atoms with E-state index in [2.05, 4.69) is 0 Å². The van der Waals surface area contributed by atoms with Gasteiger partial charge in [-0.25, -0.2) is 12.8 Å². The Labute approximate surface area is 107 Å². The van der Waals surface area contributed by atoms with E-state index in [-0.39, 0.29) is 29.3 Å². The molecule has 1 heterocycles. The van der Waals surface area contributed by atoms with Crippen molar-refractivity contribution in [2.75, 3.05) is 18.6 Å². The maximum atomic E-state index is 12.9. The number of methoxy groups -OCH3 is 1. The molecule has 0 aliphatic carbocycles. The zero-order valence-electron chi connectivity index (χ0n) is 10.3. The summed E-state index contributed by atoms with van der Waals surface area (Å²) in [4.78, 5) is 0. The van der Waals surface area contributed by atoms with Gasteiger partial charge in [0.2, 0.25) is 0 Å². The number of hydrogen-bond donors (Lipinski definition) is 0. The van der Waals surface area contributed by atoms with Crippen molar-refractivity contribution in [2.24, 2.45) is 5.92 Å². The highest BCUT2D eigenvalue weighted by molar-refractivity contribution is 7.91. The molecular weight excluding hydrogens is 255 g/mol. The van der Waals surface area contributed by atoms with Crippen LogP contribution in [0.4, 0.5) is 4.39 Å². The average Bonchev–Trinajstić information content (AvgIpc) is 2.34. The highest BCUT2D eigenvalue weighted by atomic mass is 32.2. The molecule has 1 atom stereocenters. The van der Waals surface area contributed by atoms with E-state index in [4.69, 9.17) is 4.74 Å². The topological polar surface area (TPSA) is 43.4 Å². The molecular formula is C13H17FO3S. The summed E-state index contributed by atoms with van der Waals surface area (Å²) < 4.78 is 41.1. The number of halogens is 1. The average molecular weight is 272 g/mol. The molecule has 0 bridgehead atoms. The van der Waals surface area contributed by atoms with Gasteiger partial charge in [0.1, 0.15) is 15.7 Å². The van der Waals surface area contributed by atoms with Crippen molar-refractivity contribution in [3.63, 3.8) is 0 Å². The fraction of sp³-hybridized carbons (Fsp3) is 0.538. The predicted octanol–water partition coefficient (Wildman–Crippen LogP) is 2.34. The summed E-state index contributed by atoms with van der Waals surface area (Å²) in [5.41, 5.74) is 0.906. The van der Waals surface area contributed by atoms with Gasteiger partial charge in [-0.1, -0.05) is 12.1 Å². The van der Waals surface area contributed by atoms with Crippen molar-refractivity contribution in [3.8, 4) is 0 Å². The molecule has 3 nitrogen and oxygen atoms in total. The zero-order valence-corrected chi connectivity index (χ0v) is 11.1. The van der Waals surface area contributed by atoms with E-state index in [0.29, 0.717) is 12.8 Å². The lowest BCUT2D eigenvalue weighted by atomic mass is 9.91. The Morgan fingerprint density at radius 3 is 2.28 bits per heavy atom. The van der Waals surface area contributed by atoms with Crippen LogP contribution in [0.25, 0.3) is 0 Å². The lowest BCUT2D eigenvalue weighted by Crippen LogP contribution is -2.28. The van der Waals surface area contributed by atoms with Crippen molar-refractivity contribution >= 4 is 9.84 Å². The molecule has 1 fully saturated rings. The molecule has 1 aliphatic heterocycles. The smallest absolute Gasteiger partial charge is 0.150 e. The van der Waals surface area contributed by atoms with E-state index >= 15 is 0 Å². The summed E-state index contributed by atoms with van der Waals surface area (Å²) in [7, 11) is -1.25. The summed E-state index contributed by atoms with van der Waals surface area (Å²) in [5.74, 6) is 0.348. The summed E-state index contributed by atoms with van der Waals surface area (Å²) >= 11 is 0. The van der Waals surface area contributed by atoms with E-state index in [1.165, 1.54) is 12.1 Å². The van der Waals surface area contributed by atoms with Gasteiger partial charge in [0.25, 0.3) is 0 Å². The Morgan fingerprint density at radius 2 is 1.78 bits per heavy atom. The van der Waals surface area contributed by atoms with Gasteiger partial charge in [-0.15, -0.1) is 0 Å². The first kappa shape index (κ1) is 13.5. The molecule has 5 heteroatoms. The SMILES string of the molecule is COC(c1ccc(F)cc1)C1CCS(=O)(=O)CC1. The maximum absolute atomic E-state index is 12.9. The van der Waals surface area contributed by atoms with Gasteiger partial charge in [0.15, 0.2) is 0 Å². The molecule has 100 valence electrons. The molecule has 18 heavy (non-hydrogen) atoms. The van der Waals surface area contributed by atoms with Crippen LogP contribution in [0.3, 0.4) is 0 Å². The predicted molar refractivity (Wildman–Crippen MR) is 67.5 cm³/mol. The Hall–Kier alpha value is -0.940. The molecule has 0 radical (unpaired) electrons. The monoisotopic (exact) mass is 272 g/mol. The number of hydrogen-bond acceptors (Lipinski definition) is 3. The second-order valence-electron chi connectivity index (χ2n) is 4.70. The molecule has 0 aromatic heterocycles. The van der Waals surface area contributed by atoms with Crippen LogP contribution >= 0.6 is 0 Å². The van der Waals surface area contributed by atoms with Crippen LogP contribution in [0.5, 0.6) is 0 Å². The Bertz CT molecular complexity index is 481. The second-order valence-corrected chi connectivity index (χ2v) is 7.00. The van der Waals surface area contributed by atoms with Gasteiger partial charge in [-0.2, -0.15) is 0 Å². The van der Waals surface area contributed by atoms with E-state index in [0.717, 1.165) is 5.56 Å². The molecule has 0 spiro atoms. The maximum Gasteiger partial charge on any atom is 0.150 e. The molecule has 1 aromatic rings. The Morgan fingerprint density at radius 1 is 1.22 bits per heavy atom. The quantitative estimate of drug-likeness (QED) is 0.848. The largest absolute Gasteiger partial charge is 0.376 e. The van der Waals surface area contributed by atoms with Gasteiger partial charge in [0.05, 0.1) is 17.6 Å². The molecule has 0 saturated carbocycles. The number of sulfone groups is 1. The third kappa shape index (κ3) is 3.09. The van der Waals surface area contributed by atoms with Crippen molar-refractivity contribution in [3.05, 3.63) is 35.6 Å². The van der Waals surface area contributed by atoms with Crippen molar-refractivity contribution in [1.29, 1.82) is 0 Å². The summed E-state index contributed by atoms with van der Waals surface area (Å²) in [6.45, 7) is 0. The van der Waals surface area contributed by atoms with E-state index in [9.17, 15) is 12.8 Å². The van der Waals surface area contributed by atoms with E-state index < -0.39 is 9.84 Å². The summed E-state index contributed by atoms with van der Waals surface area (Å²) in [6.07, 6.45) is 1.07. The minimum absolute atomic E-state index is 0.152. The lowest BCUT2D eigenvalue weighted by Gasteiger charge is -2.29. The van der Waals surface area contributed by atoms with Crippen LogP contribution in [0.1, 0.15) is 24.5 Å². The molecule has 1 saturated heterocycles. The molecule has 1 unspecified atom stereocenters. The van der Waals surface area contributed by atoms with Crippen molar-refractivity contribution in [1.82, 2.24) is 0 Å². The van der Waals surface area contributed by atoms with Gasteiger partial charge in [-0.05, 0) is 36.5 Å². The fourth-order valence-corrected chi connectivity index (χ4v) is 3.99. The standard InChI is InChI=1S/C13H17FO3S/c1-17-13(10-2-4-12(14)5-3-10)11-6-8-18(15,16)9-7-11/h2-5,11,13H,6-9H2,1H3. The highest BCUT2D eigenvalue weighted by Gasteiger charge is 2.30. The second kappa shape index (κ2) is 5.36. The minimum Gasteiger partial charge on any atom is -0.376 e. The number of benzene rings is 1. The van der Waals surface area contributed by atoms with Crippen LogP contribution in [-0.4, -0.2) is 27.0 Å². The molecule has 1 aliphatic rings. The van der Waals surface area contributed by atoms with Crippen LogP contribution in [0.15, 0.2) is 24.3 Å². The van der Waals surface area contributed by atoms with E-state index in [1.807, 2.05) is 0 Å². The first-order valence-corrected chi connectivity index (χ1v) is 7.82. The van der Waals surface area contributed by atoms with Gasteiger partial charge in [0, 0.05) is 7.11 Å². The van der Waals surface area contributed by atoms with E-state index in [1.54, 1.807) is 19.2 Å². The lowest BCUT2D eigenvalue weighted by molar-refractivity contribution is 0.0469. The number of rotatable bonds is 3. The zero-order chi connectivity index (χ0) is 13.2. The van der Waals surface area contributed by atoms with Gasteiger partial charge in [-0.3, -0.25) is 0 Å². The summed E-state index contributed by atoms with van der Waals surface area (Å²) in [6, 6.07) is 6.21. The first-order chi connectivity index (χ1) is 8.52. The molecule has 0 N–H and O–H groups in total.